The van der Waals surface area contributed by atoms with E-state index in [4.69, 9.17) is 0 Å². The number of anilines is 1. The van der Waals surface area contributed by atoms with Crippen molar-refractivity contribution in [2.24, 2.45) is 0 Å². The van der Waals surface area contributed by atoms with E-state index in [0.29, 0.717) is 29.7 Å². The average Bonchev–Trinajstić information content (AvgIpc) is 2.88. The fourth-order valence-corrected chi connectivity index (χ4v) is 2.67. The molecule has 20 heavy (non-hydrogen) atoms. The molecule has 1 unspecified atom stereocenters. The van der Waals surface area contributed by atoms with Crippen molar-refractivity contribution in [3.05, 3.63) is 27.0 Å². The first kappa shape index (κ1) is 14.7. The third-order valence-corrected chi connectivity index (χ3v) is 3.87. The van der Waals surface area contributed by atoms with E-state index in [9.17, 15) is 14.9 Å². The molecule has 1 aromatic heterocycles. The van der Waals surface area contributed by atoms with Gasteiger partial charge >= 0.3 is 5.69 Å². The summed E-state index contributed by atoms with van der Waals surface area (Å²) in [5.74, 6) is 0.109. The standard InChI is InChI=1S/C12H15BrN4O3/c1-2-11(18)16-4-3-8(7-16)15-12-9(13)5-14-6-10(12)17(19)20/h5-6,8H,2-4,7H2,1H3,(H,14,15). The van der Waals surface area contributed by atoms with E-state index in [0.717, 1.165) is 6.42 Å². The molecule has 1 fully saturated rings. The largest absolute Gasteiger partial charge is 0.374 e. The van der Waals surface area contributed by atoms with Gasteiger partial charge < -0.3 is 10.2 Å². The van der Waals surface area contributed by atoms with Crippen LogP contribution in [0.3, 0.4) is 0 Å². The first-order valence-corrected chi connectivity index (χ1v) is 7.14. The van der Waals surface area contributed by atoms with Gasteiger partial charge in [0, 0.05) is 31.7 Å². The van der Waals surface area contributed by atoms with Crippen molar-refractivity contribution in [2.45, 2.75) is 25.8 Å². The molecule has 108 valence electrons. The highest BCUT2D eigenvalue weighted by Crippen LogP contribution is 2.32. The molecule has 0 spiro atoms. The van der Waals surface area contributed by atoms with Crippen LogP contribution in [0.4, 0.5) is 11.4 Å². The topological polar surface area (TPSA) is 88.4 Å². The van der Waals surface area contributed by atoms with Crippen molar-refractivity contribution in [1.82, 2.24) is 9.88 Å². The molecule has 1 aliphatic rings. The zero-order valence-corrected chi connectivity index (χ0v) is 12.6. The van der Waals surface area contributed by atoms with Gasteiger partial charge in [-0.15, -0.1) is 0 Å². The van der Waals surface area contributed by atoms with Gasteiger partial charge in [0.2, 0.25) is 5.91 Å². The Morgan fingerprint density at radius 2 is 2.40 bits per heavy atom. The van der Waals surface area contributed by atoms with Crippen LogP contribution in [0.5, 0.6) is 0 Å². The Bertz CT molecular complexity index is 537. The number of hydrogen-bond acceptors (Lipinski definition) is 5. The second-order valence-electron chi connectivity index (χ2n) is 4.60. The zero-order chi connectivity index (χ0) is 14.7. The van der Waals surface area contributed by atoms with Crippen LogP contribution in [0, 0.1) is 10.1 Å². The number of amides is 1. The summed E-state index contributed by atoms with van der Waals surface area (Å²) in [6, 6.07) is 0.0166. The van der Waals surface area contributed by atoms with Crippen LogP contribution in [0.1, 0.15) is 19.8 Å². The summed E-state index contributed by atoms with van der Waals surface area (Å²) in [6.45, 7) is 3.08. The van der Waals surface area contributed by atoms with Crippen molar-refractivity contribution in [3.8, 4) is 0 Å². The number of aromatic nitrogens is 1. The van der Waals surface area contributed by atoms with E-state index in [2.05, 4.69) is 26.2 Å². The number of nitrogens with zero attached hydrogens (tertiary/aromatic N) is 3. The summed E-state index contributed by atoms with van der Waals surface area (Å²) in [5.41, 5.74) is 0.348. The number of hydrogen-bond donors (Lipinski definition) is 1. The fraction of sp³-hybridized carbons (Fsp3) is 0.500. The van der Waals surface area contributed by atoms with Crippen LogP contribution in [0.25, 0.3) is 0 Å². The fourth-order valence-electron chi connectivity index (χ4n) is 2.24. The van der Waals surface area contributed by atoms with Crippen LogP contribution in [-0.2, 0) is 4.79 Å². The molecule has 1 aliphatic heterocycles. The van der Waals surface area contributed by atoms with Gasteiger partial charge in [-0.3, -0.25) is 19.9 Å². The first-order chi connectivity index (χ1) is 9.52. The molecule has 8 heteroatoms. The number of rotatable bonds is 4. The normalized spacial score (nSPS) is 18.1. The zero-order valence-electron chi connectivity index (χ0n) is 11.0. The molecule has 1 atom stereocenters. The van der Waals surface area contributed by atoms with E-state index in [1.54, 1.807) is 4.90 Å². The molecule has 0 bridgehead atoms. The maximum Gasteiger partial charge on any atom is 0.311 e. The summed E-state index contributed by atoms with van der Waals surface area (Å²) < 4.78 is 0.548. The van der Waals surface area contributed by atoms with Crippen molar-refractivity contribution >= 4 is 33.2 Å². The summed E-state index contributed by atoms with van der Waals surface area (Å²) in [6.07, 6.45) is 3.99. The molecule has 2 rings (SSSR count). The molecule has 1 aromatic rings. The maximum atomic E-state index is 11.6. The molecule has 1 N–H and O–H groups in total. The lowest BCUT2D eigenvalue weighted by atomic mass is 10.2. The Balaban J connectivity index is 2.12. The highest BCUT2D eigenvalue weighted by atomic mass is 79.9. The van der Waals surface area contributed by atoms with Crippen LogP contribution < -0.4 is 5.32 Å². The predicted molar refractivity (Wildman–Crippen MR) is 77.5 cm³/mol. The number of nitro groups is 1. The minimum absolute atomic E-state index is 0.0166. The number of nitrogens with one attached hydrogen (secondary N) is 1. The van der Waals surface area contributed by atoms with Gasteiger partial charge in [0.15, 0.2) is 0 Å². The lowest BCUT2D eigenvalue weighted by Gasteiger charge is -2.17. The molecule has 0 aliphatic carbocycles. The monoisotopic (exact) mass is 342 g/mol. The average molecular weight is 343 g/mol. The summed E-state index contributed by atoms with van der Waals surface area (Å²) >= 11 is 3.27. The van der Waals surface area contributed by atoms with E-state index < -0.39 is 4.92 Å². The van der Waals surface area contributed by atoms with Gasteiger partial charge in [0.25, 0.3) is 0 Å². The molecular formula is C12H15BrN4O3. The molecule has 1 amide bonds. The van der Waals surface area contributed by atoms with Crippen molar-refractivity contribution in [2.75, 3.05) is 18.4 Å². The second-order valence-corrected chi connectivity index (χ2v) is 5.45. The summed E-state index contributed by atoms with van der Waals surface area (Å²) in [7, 11) is 0. The Hall–Kier alpha value is -1.70. The number of likely N-dealkylation sites (tertiary alicyclic amines) is 1. The van der Waals surface area contributed by atoms with E-state index in [1.165, 1.54) is 12.4 Å². The first-order valence-electron chi connectivity index (χ1n) is 6.35. The minimum Gasteiger partial charge on any atom is -0.374 e. The van der Waals surface area contributed by atoms with Crippen LogP contribution >= 0.6 is 15.9 Å². The van der Waals surface area contributed by atoms with E-state index in [-0.39, 0.29) is 17.6 Å². The van der Waals surface area contributed by atoms with Crippen molar-refractivity contribution < 1.29 is 9.72 Å². The molecule has 0 aromatic carbocycles. The number of pyridine rings is 1. The van der Waals surface area contributed by atoms with Gasteiger partial charge in [-0.1, -0.05) is 6.92 Å². The Morgan fingerprint density at radius 3 is 3.05 bits per heavy atom. The van der Waals surface area contributed by atoms with Gasteiger partial charge in [-0.2, -0.15) is 0 Å². The maximum absolute atomic E-state index is 11.6. The van der Waals surface area contributed by atoms with Gasteiger partial charge in [-0.05, 0) is 22.4 Å². The van der Waals surface area contributed by atoms with E-state index in [1.807, 2.05) is 6.92 Å². The van der Waals surface area contributed by atoms with Crippen molar-refractivity contribution in [1.29, 1.82) is 0 Å². The lowest BCUT2D eigenvalue weighted by Crippen LogP contribution is -2.31. The highest BCUT2D eigenvalue weighted by Gasteiger charge is 2.28. The molecule has 7 nitrogen and oxygen atoms in total. The summed E-state index contributed by atoms with van der Waals surface area (Å²) in [4.78, 5) is 27.7. The molecule has 0 radical (unpaired) electrons. The molecule has 1 saturated heterocycles. The van der Waals surface area contributed by atoms with Gasteiger partial charge in [0.05, 0.1) is 9.40 Å². The van der Waals surface area contributed by atoms with Crippen LogP contribution in [-0.4, -0.2) is 39.8 Å². The molecular weight excluding hydrogens is 328 g/mol. The van der Waals surface area contributed by atoms with Gasteiger partial charge in [-0.25, -0.2) is 0 Å². The summed E-state index contributed by atoms with van der Waals surface area (Å²) in [5, 5.41) is 14.2. The quantitative estimate of drug-likeness (QED) is 0.669. The lowest BCUT2D eigenvalue weighted by molar-refractivity contribution is -0.384. The third-order valence-electron chi connectivity index (χ3n) is 3.27. The Labute approximate surface area is 124 Å². The minimum atomic E-state index is -0.468. The second kappa shape index (κ2) is 6.17. The van der Waals surface area contributed by atoms with Crippen molar-refractivity contribution in [3.63, 3.8) is 0 Å². The van der Waals surface area contributed by atoms with Crippen LogP contribution in [0.15, 0.2) is 16.9 Å². The SMILES string of the molecule is CCC(=O)N1CCC(Nc2c(Br)cncc2[N+](=O)[O-])C1. The van der Waals surface area contributed by atoms with E-state index >= 15 is 0 Å². The number of halogens is 1. The predicted octanol–water partition coefficient (Wildman–Crippen LogP) is 2.18. The number of carbonyl (C=O) groups is 1. The van der Waals surface area contributed by atoms with Crippen LogP contribution in [0.2, 0.25) is 0 Å². The van der Waals surface area contributed by atoms with Gasteiger partial charge in [0.1, 0.15) is 11.9 Å². The number of carbonyl (C=O) groups excluding carboxylic acids is 1. The smallest absolute Gasteiger partial charge is 0.311 e. The highest BCUT2D eigenvalue weighted by molar-refractivity contribution is 9.10. The molecule has 2 heterocycles. The Kier molecular flexibility index (Phi) is 4.53. The Morgan fingerprint density at radius 1 is 1.65 bits per heavy atom. The third kappa shape index (κ3) is 3.06. The molecule has 0 saturated carbocycles.